The molecule has 0 radical (unpaired) electrons. The van der Waals surface area contributed by atoms with Gasteiger partial charge in [0.05, 0.1) is 0 Å². The van der Waals surface area contributed by atoms with E-state index in [0.717, 1.165) is 35.3 Å². The maximum absolute atomic E-state index is 6.20. The van der Waals surface area contributed by atoms with Gasteiger partial charge in [0.25, 0.3) is 0 Å². The second-order valence-electron chi connectivity index (χ2n) is 5.00. The van der Waals surface area contributed by atoms with Crippen molar-refractivity contribution in [1.29, 1.82) is 0 Å². The van der Waals surface area contributed by atoms with E-state index in [1.807, 2.05) is 12.1 Å². The molecule has 0 saturated heterocycles. The molecule has 106 valence electrons. The molecule has 1 aromatic heterocycles. The van der Waals surface area contributed by atoms with Crippen molar-refractivity contribution in [2.75, 3.05) is 5.73 Å². The smallest absolute Gasteiger partial charge is 0.191 e. The van der Waals surface area contributed by atoms with Crippen LogP contribution in [0.25, 0.3) is 0 Å². The molecule has 2 aromatic rings. The average molecular weight is 309 g/mol. The van der Waals surface area contributed by atoms with Gasteiger partial charge in [-0.1, -0.05) is 35.9 Å². The van der Waals surface area contributed by atoms with Crippen molar-refractivity contribution in [1.82, 2.24) is 14.8 Å². The molecule has 4 nitrogen and oxygen atoms in total. The molecule has 20 heavy (non-hydrogen) atoms. The minimum absolute atomic E-state index is 0.695. The third-order valence-electron chi connectivity index (χ3n) is 3.51. The van der Waals surface area contributed by atoms with Crippen LogP contribution in [0.1, 0.15) is 30.7 Å². The zero-order chi connectivity index (χ0) is 13.9. The third-order valence-corrected chi connectivity index (χ3v) is 4.88. The van der Waals surface area contributed by atoms with E-state index in [1.54, 1.807) is 17.8 Å². The van der Waals surface area contributed by atoms with Crippen LogP contribution in [0.2, 0.25) is 5.02 Å². The second-order valence-corrected chi connectivity index (χ2v) is 6.35. The van der Waals surface area contributed by atoms with E-state index in [-0.39, 0.29) is 0 Å². The minimum atomic E-state index is 0.695. The third kappa shape index (κ3) is 2.94. The summed E-state index contributed by atoms with van der Waals surface area (Å²) < 4.78 is 2.25. The standard InChI is InChI=1S/C14H17ClN4S/c15-12-8-11(16)6-5-10(12)9-20-14-18-17-13-4-2-1-3-7-19(13)14/h5-6,8H,1-4,7,9,16H2. The van der Waals surface area contributed by atoms with Gasteiger partial charge >= 0.3 is 0 Å². The van der Waals surface area contributed by atoms with Gasteiger partial charge in [-0.15, -0.1) is 10.2 Å². The van der Waals surface area contributed by atoms with Gasteiger partial charge in [0.1, 0.15) is 5.82 Å². The number of nitrogens with two attached hydrogens (primary N) is 1. The first-order chi connectivity index (χ1) is 9.74. The van der Waals surface area contributed by atoms with Crippen molar-refractivity contribution in [3.8, 4) is 0 Å². The van der Waals surface area contributed by atoms with Crippen LogP contribution in [0.5, 0.6) is 0 Å². The SMILES string of the molecule is Nc1ccc(CSc2nnc3n2CCCCC3)c(Cl)c1. The van der Waals surface area contributed by atoms with Crippen LogP contribution in [-0.4, -0.2) is 14.8 Å². The topological polar surface area (TPSA) is 56.7 Å². The molecule has 2 heterocycles. The molecule has 1 aliphatic rings. The number of aromatic nitrogens is 3. The molecule has 0 spiro atoms. The number of rotatable bonds is 3. The highest BCUT2D eigenvalue weighted by Gasteiger charge is 2.15. The van der Waals surface area contributed by atoms with Crippen molar-refractivity contribution < 1.29 is 0 Å². The molecule has 0 atom stereocenters. The van der Waals surface area contributed by atoms with Crippen LogP contribution in [-0.2, 0) is 18.7 Å². The Morgan fingerprint density at radius 1 is 1.25 bits per heavy atom. The zero-order valence-corrected chi connectivity index (χ0v) is 12.8. The van der Waals surface area contributed by atoms with E-state index in [0.29, 0.717) is 10.7 Å². The quantitative estimate of drug-likeness (QED) is 0.696. The largest absolute Gasteiger partial charge is 0.399 e. The summed E-state index contributed by atoms with van der Waals surface area (Å²) in [5.41, 5.74) is 7.48. The Balaban J connectivity index is 1.74. The number of anilines is 1. The highest BCUT2D eigenvalue weighted by atomic mass is 35.5. The van der Waals surface area contributed by atoms with Gasteiger partial charge in [-0.2, -0.15) is 0 Å². The molecule has 0 unspecified atom stereocenters. The Kier molecular flexibility index (Phi) is 4.17. The fraction of sp³-hybridized carbons (Fsp3) is 0.429. The molecule has 1 aromatic carbocycles. The molecule has 2 N–H and O–H groups in total. The molecule has 1 aliphatic heterocycles. The number of aryl methyl sites for hydroxylation is 1. The minimum Gasteiger partial charge on any atom is -0.399 e. The fourth-order valence-electron chi connectivity index (χ4n) is 2.39. The first-order valence-electron chi connectivity index (χ1n) is 6.83. The van der Waals surface area contributed by atoms with Crippen molar-refractivity contribution in [2.45, 2.75) is 43.1 Å². The number of nitrogens with zero attached hydrogens (tertiary/aromatic N) is 3. The summed E-state index contributed by atoms with van der Waals surface area (Å²) in [6.07, 6.45) is 4.74. The van der Waals surface area contributed by atoms with E-state index in [9.17, 15) is 0 Å². The monoisotopic (exact) mass is 308 g/mol. The van der Waals surface area contributed by atoms with Crippen LogP contribution >= 0.6 is 23.4 Å². The van der Waals surface area contributed by atoms with Gasteiger partial charge < -0.3 is 10.3 Å². The van der Waals surface area contributed by atoms with E-state index < -0.39 is 0 Å². The molecule has 0 amide bonds. The summed E-state index contributed by atoms with van der Waals surface area (Å²) in [6, 6.07) is 5.65. The van der Waals surface area contributed by atoms with Gasteiger partial charge in [0.15, 0.2) is 5.16 Å². The first kappa shape index (κ1) is 13.8. The molecular formula is C14H17ClN4S. The lowest BCUT2D eigenvalue weighted by Gasteiger charge is -2.07. The highest BCUT2D eigenvalue weighted by Crippen LogP contribution is 2.28. The van der Waals surface area contributed by atoms with Crippen molar-refractivity contribution in [3.05, 3.63) is 34.6 Å². The number of halogens is 1. The molecule has 0 bridgehead atoms. The van der Waals surface area contributed by atoms with Crippen LogP contribution in [0.4, 0.5) is 5.69 Å². The van der Waals surface area contributed by atoms with E-state index >= 15 is 0 Å². The summed E-state index contributed by atoms with van der Waals surface area (Å²) in [7, 11) is 0. The van der Waals surface area contributed by atoms with Gasteiger partial charge in [-0.25, -0.2) is 0 Å². The van der Waals surface area contributed by atoms with E-state index in [2.05, 4.69) is 14.8 Å². The lowest BCUT2D eigenvalue weighted by Crippen LogP contribution is -2.02. The Hall–Kier alpha value is -1.20. The van der Waals surface area contributed by atoms with Crippen molar-refractivity contribution in [2.24, 2.45) is 0 Å². The average Bonchev–Trinajstić information content (AvgIpc) is 2.66. The number of fused-ring (bicyclic) bond motifs is 1. The lowest BCUT2D eigenvalue weighted by molar-refractivity contribution is 0.591. The van der Waals surface area contributed by atoms with Crippen molar-refractivity contribution >= 4 is 29.1 Å². The highest BCUT2D eigenvalue weighted by molar-refractivity contribution is 7.98. The van der Waals surface area contributed by atoms with Gasteiger partial charge in [0, 0.05) is 29.4 Å². The number of thioether (sulfide) groups is 1. The molecule has 0 saturated carbocycles. The van der Waals surface area contributed by atoms with Gasteiger partial charge in [-0.3, -0.25) is 0 Å². The summed E-state index contributed by atoms with van der Waals surface area (Å²) >= 11 is 7.89. The van der Waals surface area contributed by atoms with Crippen molar-refractivity contribution in [3.63, 3.8) is 0 Å². The molecule has 3 rings (SSSR count). The first-order valence-corrected chi connectivity index (χ1v) is 8.19. The Labute approximate surface area is 127 Å². The normalized spacial score (nSPS) is 14.8. The maximum Gasteiger partial charge on any atom is 0.191 e. The van der Waals surface area contributed by atoms with Crippen LogP contribution in [0.3, 0.4) is 0 Å². The Morgan fingerprint density at radius 3 is 3.00 bits per heavy atom. The van der Waals surface area contributed by atoms with Gasteiger partial charge in [0.2, 0.25) is 0 Å². The maximum atomic E-state index is 6.20. The number of hydrogen-bond acceptors (Lipinski definition) is 4. The fourth-order valence-corrected chi connectivity index (χ4v) is 3.71. The summed E-state index contributed by atoms with van der Waals surface area (Å²) in [5, 5.41) is 10.3. The Bertz CT molecular complexity index is 611. The van der Waals surface area contributed by atoms with Gasteiger partial charge in [-0.05, 0) is 30.5 Å². The summed E-state index contributed by atoms with van der Waals surface area (Å²) in [5.74, 6) is 1.91. The van der Waals surface area contributed by atoms with Crippen LogP contribution in [0.15, 0.2) is 23.4 Å². The number of nitrogen functional groups attached to an aromatic ring is 1. The second kappa shape index (κ2) is 6.06. The number of hydrogen-bond donors (Lipinski definition) is 1. The molecule has 6 heteroatoms. The zero-order valence-electron chi connectivity index (χ0n) is 11.2. The Morgan fingerprint density at radius 2 is 2.15 bits per heavy atom. The van der Waals surface area contributed by atoms with Crippen LogP contribution in [0, 0.1) is 0 Å². The summed E-state index contributed by atoms with van der Waals surface area (Å²) in [6.45, 7) is 1.03. The van der Waals surface area contributed by atoms with E-state index in [4.69, 9.17) is 17.3 Å². The predicted molar refractivity (Wildman–Crippen MR) is 83.0 cm³/mol. The number of benzene rings is 1. The van der Waals surface area contributed by atoms with Crippen LogP contribution < -0.4 is 5.73 Å². The predicted octanol–water partition coefficient (Wildman–Crippen LogP) is 3.53. The lowest BCUT2D eigenvalue weighted by atomic mass is 10.2. The molecule has 0 fully saturated rings. The molecule has 0 aliphatic carbocycles. The van der Waals surface area contributed by atoms with E-state index in [1.165, 1.54) is 19.3 Å². The summed E-state index contributed by atoms with van der Waals surface area (Å²) in [4.78, 5) is 0. The molecular weight excluding hydrogens is 292 g/mol.